The molecule has 0 aromatic heterocycles. The molecule has 0 aromatic carbocycles. The normalized spacial score (nSPS) is 25.7. The lowest BCUT2D eigenvalue weighted by atomic mass is 10.0. The third-order valence-electron chi connectivity index (χ3n) is 3.82. The highest BCUT2D eigenvalue weighted by atomic mass is 16.5. The highest BCUT2D eigenvalue weighted by Crippen LogP contribution is 2.59. The molecule has 3 nitrogen and oxygen atoms in total. The average molecular weight is 252 g/mol. The molecule has 0 aliphatic heterocycles. The van der Waals surface area contributed by atoms with Gasteiger partial charge in [-0.25, -0.2) is 0 Å². The number of ether oxygens (including phenoxy) is 1. The maximum absolute atomic E-state index is 11.8. The van der Waals surface area contributed by atoms with E-state index in [1.54, 1.807) is 0 Å². The number of hydrogen-bond donors (Lipinski definition) is 0. The van der Waals surface area contributed by atoms with E-state index in [1.165, 1.54) is 0 Å². The van der Waals surface area contributed by atoms with Crippen molar-refractivity contribution in [3.05, 3.63) is 11.6 Å². The van der Waals surface area contributed by atoms with Crippen molar-refractivity contribution < 1.29 is 14.3 Å². The maximum atomic E-state index is 11.8. The van der Waals surface area contributed by atoms with Gasteiger partial charge in [-0.3, -0.25) is 9.59 Å². The van der Waals surface area contributed by atoms with Crippen LogP contribution in [0.15, 0.2) is 11.6 Å². The molecule has 0 N–H and O–H groups in total. The first-order valence-electron chi connectivity index (χ1n) is 6.81. The summed E-state index contributed by atoms with van der Waals surface area (Å²) in [6.07, 6.45) is 5.79. The van der Waals surface area contributed by atoms with Gasteiger partial charge in [-0.05, 0) is 36.7 Å². The van der Waals surface area contributed by atoms with E-state index in [9.17, 15) is 9.59 Å². The van der Waals surface area contributed by atoms with E-state index in [-0.39, 0.29) is 23.2 Å². The van der Waals surface area contributed by atoms with Crippen molar-refractivity contribution in [3.8, 4) is 0 Å². The lowest BCUT2D eigenvalue weighted by Gasteiger charge is -2.01. The summed E-state index contributed by atoms with van der Waals surface area (Å²) in [4.78, 5) is 22.8. The lowest BCUT2D eigenvalue weighted by molar-refractivity contribution is -0.145. The van der Waals surface area contributed by atoms with Gasteiger partial charge in [-0.15, -0.1) is 0 Å². The Labute approximate surface area is 110 Å². The minimum absolute atomic E-state index is 0.0767. The van der Waals surface area contributed by atoms with Crippen LogP contribution >= 0.6 is 0 Å². The van der Waals surface area contributed by atoms with Gasteiger partial charge in [0.15, 0.2) is 0 Å². The van der Waals surface area contributed by atoms with Crippen molar-refractivity contribution in [2.75, 3.05) is 6.61 Å². The zero-order valence-electron chi connectivity index (χ0n) is 11.9. The Morgan fingerprint density at radius 2 is 2.00 bits per heavy atom. The predicted octanol–water partition coefficient (Wildman–Crippen LogP) is 3.14. The Balaban J connectivity index is 2.69. The van der Waals surface area contributed by atoms with Crippen molar-refractivity contribution in [3.63, 3.8) is 0 Å². The summed E-state index contributed by atoms with van der Waals surface area (Å²) in [7, 11) is 0. The van der Waals surface area contributed by atoms with E-state index in [2.05, 4.69) is 20.8 Å². The summed E-state index contributed by atoms with van der Waals surface area (Å²) in [6.45, 7) is 8.44. The van der Waals surface area contributed by atoms with Crippen LogP contribution in [0.4, 0.5) is 0 Å². The molecule has 0 radical (unpaired) electrons. The van der Waals surface area contributed by atoms with Crippen LogP contribution in [0.1, 0.15) is 47.0 Å². The van der Waals surface area contributed by atoms with Crippen LogP contribution in [0.2, 0.25) is 0 Å². The third kappa shape index (κ3) is 3.21. The Bertz CT molecular complexity index is 342. The van der Waals surface area contributed by atoms with Gasteiger partial charge >= 0.3 is 5.97 Å². The van der Waals surface area contributed by atoms with Crippen LogP contribution in [0.5, 0.6) is 0 Å². The van der Waals surface area contributed by atoms with E-state index in [1.807, 2.05) is 13.0 Å². The van der Waals surface area contributed by atoms with Crippen LogP contribution in [0, 0.1) is 17.3 Å². The topological polar surface area (TPSA) is 43.4 Å². The molecular formula is C15H24O3. The number of aldehydes is 1. The minimum Gasteiger partial charge on any atom is -0.466 e. The molecule has 1 aliphatic rings. The summed E-state index contributed by atoms with van der Waals surface area (Å²) < 4.78 is 5.07. The highest BCUT2D eigenvalue weighted by Gasteiger charge is 2.61. The standard InChI is InChI=1S/C15H24O3/c1-5-7-8-11(10-16)9-12-13(15(12,3)4)14(17)18-6-2/h9-10,12-13H,5-8H2,1-4H3. The molecule has 1 aliphatic carbocycles. The molecule has 2 unspecified atom stereocenters. The Kier molecular flexibility index (Phi) is 5.12. The smallest absolute Gasteiger partial charge is 0.310 e. The molecule has 102 valence electrons. The van der Waals surface area contributed by atoms with Gasteiger partial charge in [-0.1, -0.05) is 33.3 Å². The molecule has 0 aromatic rings. The number of unbranched alkanes of at least 4 members (excludes halogenated alkanes) is 1. The first-order valence-corrected chi connectivity index (χ1v) is 6.81. The Hall–Kier alpha value is -1.12. The van der Waals surface area contributed by atoms with Gasteiger partial charge in [0.25, 0.3) is 0 Å². The van der Waals surface area contributed by atoms with Crippen molar-refractivity contribution in [1.29, 1.82) is 0 Å². The van der Waals surface area contributed by atoms with Gasteiger partial charge in [0.05, 0.1) is 12.5 Å². The Morgan fingerprint density at radius 3 is 2.50 bits per heavy atom. The maximum Gasteiger partial charge on any atom is 0.310 e. The summed E-state index contributed by atoms with van der Waals surface area (Å²) >= 11 is 0. The molecule has 1 rings (SSSR count). The molecule has 0 spiro atoms. The summed E-state index contributed by atoms with van der Waals surface area (Å²) in [6, 6.07) is 0. The van der Waals surface area contributed by atoms with Gasteiger partial charge < -0.3 is 4.74 Å². The second kappa shape index (κ2) is 6.17. The molecule has 0 heterocycles. The van der Waals surface area contributed by atoms with Crippen molar-refractivity contribution in [2.24, 2.45) is 17.3 Å². The zero-order chi connectivity index (χ0) is 13.8. The van der Waals surface area contributed by atoms with Crippen molar-refractivity contribution in [2.45, 2.75) is 47.0 Å². The van der Waals surface area contributed by atoms with Gasteiger partial charge in [-0.2, -0.15) is 0 Å². The lowest BCUT2D eigenvalue weighted by Crippen LogP contribution is -2.10. The number of esters is 1. The van der Waals surface area contributed by atoms with Crippen LogP contribution in [-0.2, 0) is 14.3 Å². The zero-order valence-corrected chi connectivity index (χ0v) is 11.9. The monoisotopic (exact) mass is 252 g/mol. The number of rotatable bonds is 7. The predicted molar refractivity (Wildman–Crippen MR) is 71.1 cm³/mol. The SMILES string of the molecule is CCCCC(C=O)=CC1C(C(=O)OCC)C1(C)C. The first-order chi connectivity index (χ1) is 8.48. The second-order valence-corrected chi connectivity index (χ2v) is 5.54. The third-order valence-corrected chi connectivity index (χ3v) is 3.82. The van der Waals surface area contributed by atoms with Crippen LogP contribution in [0.25, 0.3) is 0 Å². The molecule has 3 heteroatoms. The fourth-order valence-electron chi connectivity index (χ4n) is 2.46. The fourth-order valence-corrected chi connectivity index (χ4v) is 2.46. The largest absolute Gasteiger partial charge is 0.466 e. The molecular weight excluding hydrogens is 228 g/mol. The molecule has 1 saturated carbocycles. The van der Waals surface area contributed by atoms with Crippen molar-refractivity contribution >= 4 is 12.3 Å². The number of allylic oxidation sites excluding steroid dienone is 2. The van der Waals surface area contributed by atoms with Crippen LogP contribution in [0.3, 0.4) is 0 Å². The molecule has 18 heavy (non-hydrogen) atoms. The molecule has 0 amide bonds. The second-order valence-electron chi connectivity index (χ2n) is 5.54. The van der Waals surface area contributed by atoms with E-state index < -0.39 is 0 Å². The Morgan fingerprint density at radius 1 is 1.33 bits per heavy atom. The first kappa shape index (κ1) is 14.9. The van der Waals surface area contributed by atoms with Crippen molar-refractivity contribution in [1.82, 2.24) is 0 Å². The quantitative estimate of drug-likeness (QED) is 0.397. The van der Waals surface area contributed by atoms with Gasteiger partial charge in [0, 0.05) is 0 Å². The van der Waals surface area contributed by atoms with E-state index in [0.717, 1.165) is 31.1 Å². The molecule has 1 fully saturated rings. The minimum atomic E-state index is -0.135. The molecule has 0 bridgehead atoms. The molecule has 0 saturated heterocycles. The average Bonchev–Trinajstić information content (AvgIpc) is 2.86. The fraction of sp³-hybridized carbons (Fsp3) is 0.733. The highest BCUT2D eigenvalue weighted by molar-refractivity contribution is 5.79. The van der Waals surface area contributed by atoms with Gasteiger partial charge in [0.1, 0.15) is 6.29 Å². The van der Waals surface area contributed by atoms with Crippen LogP contribution in [-0.4, -0.2) is 18.9 Å². The number of hydrogen-bond acceptors (Lipinski definition) is 3. The van der Waals surface area contributed by atoms with E-state index >= 15 is 0 Å². The summed E-state index contributed by atoms with van der Waals surface area (Å²) in [5.41, 5.74) is 0.744. The summed E-state index contributed by atoms with van der Waals surface area (Å²) in [5, 5.41) is 0. The summed E-state index contributed by atoms with van der Waals surface area (Å²) in [5.74, 6) is -0.0767. The van der Waals surface area contributed by atoms with E-state index in [4.69, 9.17) is 4.74 Å². The van der Waals surface area contributed by atoms with E-state index in [0.29, 0.717) is 6.61 Å². The van der Waals surface area contributed by atoms with Crippen LogP contribution < -0.4 is 0 Å². The number of carbonyl (C=O) groups is 2. The number of carbonyl (C=O) groups excluding carboxylic acids is 2. The molecule has 2 atom stereocenters. The van der Waals surface area contributed by atoms with Gasteiger partial charge in [0.2, 0.25) is 0 Å².